The Bertz CT molecular complexity index is 1670. The van der Waals surface area contributed by atoms with E-state index in [9.17, 15) is 43.7 Å². The number of aliphatic hydroxyl groups is 2. The first-order chi connectivity index (χ1) is 21.3. The molecule has 4 aromatic rings. The number of amides is 1. The highest BCUT2D eigenvalue weighted by Crippen LogP contribution is 2.45. The highest BCUT2D eigenvalue weighted by Gasteiger charge is 2.42. The van der Waals surface area contributed by atoms with E-state index in [0.29, 0.717) is 33.8 Å². The number of carbonyl (C=O) groups is 2. The molecule has 4 rings (SSSR count). The van der Waals surface area contributed by atoms with Crippen LogP contribution in [0.3, 0.4) is 0 Å². The van der Waals surface area contributed by atoms with Crippen molar-refractivity contribution in [2.75, 3.05) is 5.32 Å². The summed E-state index contributed by atoms with van der Waals surface area (Å²) in [7, 11) is -5.21. The Morgan fingerprint density at radius 3 is 2.00 bits per heavy atom. The summed E-state index contributed by atoms with van der Waals surface area (Å²) in [5, 5.41) is 33.5. The minimum atomic E-state index is -5.21. The Hall–Kier alpha value is -4.12. The van der Waals surface area contributed by atoms with Crippen molar-refractivity contribution in [1.29, 1.82) is 0 Å². The van der Waals surface area contributed by atoms with Crippen molar-refractivity contribution in [3.63, 3.8) is 0 Å². The van der Waals surface area contributed by atoms with E-state index < -0.39 is 43.7 Å². The molecule has 0 aliphatic heterocycles. The lowest BCUT2D eigenvalue weighted by Crippen LogP contribution is -2.36. The number of hydrogen-bond acceptors (Lipinski definition) is 5. The van der Waals surface area contributed by atoms with Crippen LogP contribution < -0.4 is 5.32 Å². The fourth-order valence-corrected chi connectivity index (χ4v) is 6.40. The van der Waals surface area contributed by atoms with Gasteiger partial charge in [-0.05, 0) is 59.9 Å². The fourth-order valence-electron chi connectivity index (χ4n) is 5.54. The second kappa shape index (κ2) is 14.3. The third-order valence-corrected chi connectivity index (χ3v) is 8.76. The maximum Gasteiger partial charge on any atom is 0.342 e. The van der Waals surface area contributed by atoms with Gasteiger partial charge in [0.1, 0.15) is 5.82 Å². The Balaban J connectivity index is 1.86. The summed E-state index contributed by atoms with van der Waals surface area (Å²) in [5.74, 6) is -2.94. The van der Waals surface area contributed by atoms with Gasteiger partial charge in [-0.1, -0.05) is 62.4 Å². The van der Waals surface area contributed by atoms with Crippen molar-refractivity contribution in [2.24, 2.45) is 0 Å². The molecule has 10 nitrogen and oxygen atoms in total. The molecule has 6 N–H and O–H groups in total. The van der Waals surface area contributed by atoms with Crippen LogP contribution in [0.25, 0.3) is 22.4 Å². The standard InChI is InChI=1S/C33H36FN2O8P/c1-20(2)29-28(32(39)35-24-11-7-4-8-12-24)27(21-9-5-3-6-10-21)30(22-13-15-23(34)16-14-22)36(29)18-17-25(37)19-26(38)31(33(40)41)45(42,43)44/h3-16,20,25-26,31,37-38H,17-19H2,1-2H3,(H,35,39)(H,40,41)(H2,42,43,44)/t25-,26-,31?/m1/s1. The summed E-state index contributed by atoms with van der Waals surface area (Å²) in [6.45, 7) is 3.89. The summed E-state index contributed by atoms with van der Waals surface area (Å²) in [6.07, 6.45) is -4.06. The van der Waals surface area contributed by atoms with Crippen molar-refractivity contribution in [3.05, 3.63) is 102 Å². The molecule has 1 aromatic heterocycles. The van der Waals surface area contributed by atoms with Crippen LogP contribution in [0.2, 0.25) is 0 Å². The lowest BCUT2D eigenvalue weighted by atomic mass is 9.94. The van der Waals surface area contributed by atoms with Gasteiger partial charge in [-0.25, -0.2) is 4.39 Å². The fraction of sp³-hybridized carbons (Fsp3) is 0.273. The average molecular weight is 639 g/mol. The largest absolute Gasteiger partial charge is 0.480 e. The number of rotatable bonds is 13. The van der Waals surface area contributed by atoms with E-state index in [2.05, 4.69) is 5.32 Å². The second-order valence-corrected chi connectivity index (χ2v) is 12.8. The molecule has 45 heavy (non-hydrogen) atoms. The predicted molar refractivity (Wildman–Crippen MR) is 168 cm³/mol. The third-order valence-electron chi connectivity index (χ3n) is 7.47. The zero-order valence-corrected chi connectivity index (χ0v) is 25.6. The van der Waals surface area contributed by atoms with Crippen LogP contribution >= 0.6 is 7.60 Å². The second-order valence-electron chi connectivity index (χ2n) is 11.1. The zero-order valence-electron chi connectivity index (χ0n) is 24.7. The van der Waals surface area contributed by atoms with Gasteiger partial charge in [0.2, 0.25) is 0 Å². The Morgan fingerprint density at radius 1 is 0.889 bits per heavy atom. The molecule has 1 heterocycles. The van der Waals surface area contributed by atoms with E-state index in [-0.39, 0.29) is 24.8 Å². The van der Waals surface area contributed by atoms with Crippen LogP contribution in [0.4, 0.5) is 10.1 Å². The van der Waals surface area contributed by atoms with Crippen LogP contribution in [-0.4, -0.2) is 59.4 Å². The molecule has 0 radical (unpaired) electrons. The highest BCUT2D eigenvalue weighted by molar-refractivity contribution is 7.53. The topological polar surface area (TPSA) is 169 Å². The smallest absolute Gasteiger partial charge is 0.342 e. The molecule has 0 aliphatic rings. The third kappa shape index (κ3) is 7.94. The van der Waals surface area contributed by atoms with E-state index in [4.69, 9.17) is 0 Å². The maximum atomic E-state index is 14.1. The number of hydrogen-bond donors (Lipinski definition) is 6. The van der Waals surface area contributed by atoms with E-state index in [0.717, 1.165) is 5.56 Å². The number of para-hydroxylation sites is 1. The van der Waals surface area contributed by atoms with Gasteiger partial charge in [0.05, 0.1) is 23.5 Å². The summed E-state index contributed by atoms with van der Waals surface area (Å²) in [5.41, 5.74) is 1.66. The van der Waals surface area contributed by atoms with Gasteiger partial charge in [-0.15, -0.1) is 0 Å². The van der Waals surface area contributed by atoms with Gasteiger partial charge in [0.25, 0.3) is 5.91 Å². The van der Waals surface area contributed by atoms with E-state index in [1.54, 1.807) is 36.4 Å². The summed E-state index contributed by atoms with van der Waals surface area (Å²) >= 11 is 0. The first-order valence-corrected chi connectivity index (χ1v) is 16.1. The van der Waals surface area contributed by atoms with Gasteiger partial charge < -0.3 is 35.0 Å². The molecule has 0 aliphatic carbocycles. The van der Waals surface area contributed by atoms with Crippen LogP contribution in [0.1, 0.15) is 48.7 Å². The number of aliphatic carboxylic acids is 1. The zero-order chi connectivity index (χ0) is 32.9. The minimum absolute atomic E-state index is 0.0683. The molecule has 0 saturated heterocycles. The van der Waals surface area contributed by atoms with E-state index in [1.165, 1.54) is 12.1 Å². The van der Waals surface area contributed by atoms with Crippen molar-refractivity contribution in [1.82, 2.24) is 4.57 Å². The van der Waals surface area contributed by atoms with E-state index >= 15 is 0 Å². The number of halogens is 1. The number of anilines is 1. The molecule has 1 amide bonds. The Morgan fingerprint density at radius 2 is 1.47 bits per heavy atom. The van der Waals surface area contributed by atoms with Crippen molar-refractivity contribution in [2.45, 2.75) is 57.0 Å². The van der Waals surface area contributed by atoms with Crippen molar-refractivity contribution < 1.29 is 43.7 Å². The number of carboxylic acids is 1. The van der Waals surface area contributed by atoms with Gasteiger partial charge in [0.15, 0.2) is 5.66 Å². The SMILES string of the molecule is CC(C)c1c(C(=O)Nc2ccccc2)c(-c2ccccc2)c(-c2ccc(F)cc2)n1CC[C@@H](O)C[C@@H](O)C(C(=O)O)P(=O)(O)O. The van der Waals surface area contributed by atoms with Crippen LogP contribution in [-0.2, 0) is 15.9 Å². The molecule has 3 aromatic carbocycles. The number of aromatic nitrogens is 1. The van der Waals surface area contributed by atoms with Crippen LogP contribution in [0, 0.1) is 5.82 Å². The molecule has 0 fully saturated rings. The van der Waals surface area contributed by atoms with Crippen LogP contribution in [0.5, 0.6) is 0 Å². The first kappa shape index (κ1) is 33.8. The molecule has 0 bridgehead atoms. The summed E-state index contributed by atoms with van der Waals surface area (Å²) < 4.78 is 27.6. The van der Waals surface area contributed by atoms with E-state index in [1.807, 2.05) is 54.8 Å². The average Bonchev–Trinajstić information content (AvgIpc) is 3.32. The first-order valence-electron chi connectivity index (χ1n) is 14.4. The molecule has 12 heteroatoms. The lowest BCUT2D eigenvalue weighted by Gasteiger charge is -2.23. The number of benzene rings is 3. The van der Waals surface area contributed by atoms with Gasteiger partial charge in [0, 0.05) is 29.9 Å². The highest BCUT2D eigenvalue weighted by atomic mass is 31.2. The maximum absolute atomic E-state index is 14.1. The summed E-state index contributed by atoms with van der Waals surface area (Å²) in [4.78, 5) is 44.4. The number of carboxylic acid groups (broad SMARTS) is 1. The summed E-state index contributed by atoms with van der Waals surface area (Å²) in [6, 6.07) is 24.0. The number of nitrogens with zero attached hydrogens (tertiary/aromatic N) is 1. The Kier molecular flexibility index (Phi) is 10.7. The quantitative estimate of drug-likeness (QED) is 0.105. The number of carbonyl (C=O) groups excluding carboxylic acids is 1. The molecular formula is C33H36FN2O8P. The predicted octanol–water partition coefficient (Wildman–Crippen LogP) is 5.47. The normalized spacial score (nSPS) is 13.8. The monoisotopic (exact) mass is 638 g/mol. The lowest BCUT2D eigenvalue weighted by molar-refractivity contribution is -0.139. The minimum Gasteiger partial charge on any atom is -0.480 e. The van der Waals surface area contributed by atoms with Crippen LogP contribution in [0.15, 0.2) is 84.9 Å². The number of nitrogens with one attached hydrogen (secondary N) is 1. The van der Waals surface area contributed by atoms with Crippen molar-refractivity contribution >= 4 is 25.2 Å². The molecule has 0 spiro atoms. The molecule has 1 unspecified atom stereocenters. The van der Waals surface area contributed by atoms with Gasteiger partial charge >= 0.3 is 13.6 Å². The Labute approximate surface area is 260 Å². The molecular weight excluding hydrogens is 602 g/mol. The number of aliphatic hydroxyl groups excluding tert-OH is 2. The van der Waals surface area contributed by atoms with Gasteiger partial charge in [-0.2, -0.15) is 0 Å². The molecule has 0 saturated carbocycles. The molecule has 238 valence electrons. The molecule has 3 atom stereocenters. The van der Waals surface area contributed by atoms with Gasteiger partial charge in [-0.3, -0.25) is 14.2 Å². The van der Waals surface area contributed by atoms with Crippen molar-refractivity contribution in [3.8, 4) is 22.4 Å².